The molecule has 4 aromatic rings. The Kier molecular flexibility index (Phi) is 5.13. The van der Waals surface area contributed by atoms with Crippen LogP contribution in [0.15, 0.2) is 85.6 Å². The van der Waals surface area contributed by atoms with Gasteiger partial charge in [0, 0.05) is 11.8 Å². The molecule has 6 nitrogen and oxygen atoms in total. The summed E-state index contributed by atoms with van der Waals surface area (Å²) in [6, 6.07) is 21.5. The summed E-state index contributed by atoms with van der Waals surface area (Å²) >= 11 is 0. The maximum absolute atomic E-state index is 12.2. The van der Waals surface area contributed by atoms with Gasteiger partial charge >= 0.3 is 0 Å². The Bertz CT molecular complexity index is 1240. The number of anilines is 1. The minimum absolute atomic E-state index is 0.260. The predicted octanol–water partition coefficient (Wildman–Crippen LogP) is 3.82. The molecule has 2 heterocycles. The van der Waals surface area contributed by atoms with Crippen molar-refractivity contribution in [2.75, 3.05) is 5.32 Å². The maximum atomic E-state index is 12.2. The number of hydrogen-bond acceptors (Lipinski definition) is 3. The van der Waals surface area contributed by atoms with Crippen LogP contribution in [0.4, 0.5) is 5.69 Å². The van der Waals surface area contributed by atoms with Crippen molar-refractivity contribution in [1.82, 2.24) is 9.38 Å². The molecule has 3 N–H and O–H groups in total. The Labute approximate surface area is 173 Å². The van der Waals surface area contributed by atoms with Gasteiger partial charge in [-0.1, -0.05) is 61.2 Å². The molecule has 0 aliphatic rings. The van der Waals surface area contributed by atoms with Gasteiger partial charge in [0.05, 0.1) is 5.69 Å². The summed E-state index contributed by atoms with van der Waals surface area (Å²) in [5.41, 5.74) is 10.4. The van der Waals surface area contributed by atoms with Crippen molar-refractivity contribution < 1.29 is 9.59 Å². The molecule has 0 atom stereocenters. The van der Waals surface area contributed by atoms with E-state index in [0.717, 1.165) is 17.5 Å². The fraction of sp³-hybridized carbons (Fsp3) is 0.0417. The minimum atomic E-state index is -0.599. The first-order chi connectivity index (χ1) is 14.6. The van der Waals surface area contributed by atoms with Crippen molar-refractivity contribution in [2.24, 2.45) is 5.73 Å². The summed E-state index contributed by atoms with van der Waals surface area (Å²) in [5, 5.41) is 2.71. The Morgan fingerprint density at radius 3 is 2.37 bits per heavy atom. The first kappa shape index (κ1) is 19.1. The maximum Gasteiger partial charge on any atom is 0.268 e. The molecule has 6 heteroatoms. The van der Waals surface area contributed by atoms with Gasteiger partial charge in [0.15, 0.2) is 5.65 Å². The monoisotopic (exact) mass is 396 g/mol. The fourth-order valence-electron chi connectivity index (χ4n) is 3.40. The topological polar surface area (TPSA) is 89.5 Å². The van der Waals surface area contributed by atoms with E-state index < -0.39 is 5.91 Å². The Morgan fingerprint density at radius 1 is 1.00 bits per heavy atom. The molecule has 0 radical (unpaired) electrons. The second-order valence-electron chi connectivity index (χ2n) is 6.84. The van der Waals surface area contributed by atoms with Crippen LogP contribution in [0.5, 0.6) is 0 Å². The zero-order valence-electron chi connectivity index (χ0n) is 16.2. The second-order valence-corrected chi connectivity index (χ2v) is 6.84. The van der Waals surface area contributed by atoms with Gasteiger partial charge in [-0.25, -0.2) is 4.98 Å². The van der Waals surface area contributed by atoms with E-state index in [2.05, 4.69) is 29.0 Å². The van der Waals surface area contributed by atoms with Gasteiger partial charge < -0.3 is 11.1 Å². The molecule has 0 spiro atoms. The molecule has 2 aromatic carbocycles. The molecular formula is C24H20N4O2. The van der Waals surface area contributed by atoms with Crippen molar-refractivity contribution in [1.29, 1.82) is 0 Å². The van der Waals surface area contributed by atoms with Crippen molar-refractivity contribution in [3.05, 3.63) is 102 Å². The van der Waals surface area contributed by atoms with E-state index in [-0.39, 0.29) is 11.6 Å². The van der Waals surface area contributed by atoms with Crippen LogP contribution >= 0.6 is 0 Å². The van der Waals surface area contributed by atoms with Crippen LogP contribution in [0.3, 0.4) is 0 Å². The fourth-order valence-corrected chi connectivity index (χ4v) is 3.40. The highest BCUT2D eigenvalue weighted by atomic mass is 16.2. The number of benzene rings is 2. The SMILES string of the molecule is C=CC(=O)Nc1cccn2c(C(N)=O)c(-c3ccc(Cc4ccccc4)cc3)nc12. The zero-order valence-corrected chi connectivity index (χ0v) is 16.2. The van der Waals surface area contributed by atoms with Gasteiger partial charge in [-0.05, 0) is 35.8 Å². The summed E-state index contributed by atoms with van der Waals surface area (Å²) in [4.78, 5) is 28.6. The summed E-state index contributed by atoms with van der Waals surface area (Å²) in [6.07, 6.45) is 3.68. The Morgan fingerprint density at radius 2 is 1.70 bits per heavy atom. The molecule has 0 aliphatic heterocycles. The van der Waals surface area contributed by atoms with Gasteiger partial charge in [-0.2, -0.15) is 0 Å². The van der Waals surface area contributed by atoms with E-state index >= 15 is 0 Å². The Balaban J connectivity index is 1.75. The normalized spacial score (nSPS) is 10.7. The summed E-state index contributed by atoms with van der Waals surface area (Å²) in [6.45, 7) is 3.46. The smallest absolute Gasteiger partial charge is 0.268 e. The van der Waals surface area contributed by atoms with Crippen LogP contribution in [0, 0.1) is 0 Å². The summed E-state index contributed by atoms with van der Waals surface area (Å²) in [5.74, 6) is -0.961. The molecular weight excluding hydrogens is 376 g/mol. The average Bonchev–Trinajstić information content (AvgIpc) is 3.16. The number of primary amides is 1. The van der Waals surface area contributed by atoms with Crippen LogP contribution in [0.25, 0.3) is 16.9 Å². The molecule has 30 heavy (non-hydrogen) atoms. The third-order valence-corrected chi connectivity index (χ3v) is 4.81. The highest BCUT2D eigenvalue weighted by Crippen LogP contribution is 2.28. The average molecular weight is 396 g/mol. The molecule has 0 saturated carbocycles. The number of carbonyl (C=O) groups excluding carboxylic acids is 2. The molecule has 0 saturated heterocycles. The van der Waals surface area contributed by atoms with Crippen LogP contribution in [0.1, 0.15) is 21.6 Å². The van der Waals surface area contributed by atoms with Crippen molar-refractivity contribution in [2.45, 2.75) is 6.42 Å². The van der Waals surface area contributed by atoms with Gasteiger partial charge in [0.25, 0.3) is 5.91 Å². The number of carbonyl (C=O) groups is 2. The number of nitrogens with two attached hydrogens (primary N) is 1. The minimum Gasteiger partial charge on any atom is -0.364 e. The van der Waals surface area contributed by atoms with Gasteiger partial charge in [-0.3, -0.25) is 14.0 Å². The molecule has 4 rings (SSSR count). The number of imidazole rings is 1. The third kappa shape index (κ3) is 3.71. The van der Waals surface area contributed by atoms with Crippen molar-refractivity contribution >= 4 is 23.1 Å². The highest BCUT2D eigenvalue weighted by molar-refractivity contribution is 6.03. The predicted molar refractivity (Wildman–Crippen MR) is 117 cm³/mol. The van der Waals surface area contributed by atoms with Gasteiger partial charge in [-0.15, -0.1) is 0 Å². The summed E-state index contributed by atoms with van der Waals surface area (Å²) in [7, 11) is 0. The Hall–Kier alpha value is -4.19. The van der Waals surface area contributed by atoms with Crippen molar-refractivity contribution in [3.8, 4) is 11.3 Å². The van der Waals surface area contributed by atoms with Gasteiger partial charge in [0.2, 0.25) is 5.91 Å². The van der Waals surface area contributed by atoms with Crippen LogP contribution in [-0.4, -0.2) is 21.2 Å². The lowest BCUT2D eigenvalue weighted by molar-refractivity contribution is -0.111. The lowest BCUT2D eigenvalue weighted by atomic mass is 10.0. The first-order valence-corrected chi connectivity index (χ1v) is 9.44. The molecule has 0 unspecified atom stereocenters. The quantitative estimate of drug-likeness (QED) is 0.486. The van der Waals surface area contributed by atoms with Crippen LogP contribution in [-0.2, 0) is 11.2 Å². The lowest BCUT2D eigenvalue weighted by Gasteiger charge is -2.05. The molecule has 0 aliphatic carbocycles. The van der Waals surface area contributed by atoms with Crippen LogP contribution in [0.2, 0.25) is 0 Å². The third-order valence-electron chi connectivity index (χ3n) is 4.81. The largest absolute Gasteiger partial charge is 0.364 e. The standard InChI is InChI=1S/C24H20N4O2/c1-2-20(29)26-19-9-6-14-28-22(23(25)30)21(27-24(19)28)18-12-10-17(11-13-18)15-16-7-4-3-5-8-16/h2-14H,1,15H2,(H2,25,30)(H,26,29). The zero-order chi connectivity index (χ0) is 21.1. The molecule has 148 valence electrons. The lowest BCUT2D eigenvalue weighted by Crippen LogP contribution is -2.15. The number of aromatic nitrogens is 2. The number of nitrogens with zero attached hydrogens (tertiary/aromatic N) is 2. The molecule has 0 bridgehead atoms. The van der Waals surface area contributed by atoms with Crippen LogP contribution < -0.4 is 11.1 Å². The number of fused-ring (bicyclic) bond motifs is 1. The molecule has 0 fully saturated rings. The van der Waals surface area contributed by atoms with Crippen molar-refractivity contribution in [3.63, 3.8) is 0 Å². The van der Waals surface area contributed by atoms with E-state index in [1.165, 1.54) is 11.6 Å². The molecule has 2 amide bonds. The van der Waals surface area contributed by atoms with Gasteiger partial charge in [0.1, 0.15) is 11.4 Å². The van der Waals surface area contributed by atoms with E-state index in [1.54, 1.807) is 22.7 Å². The number of nitrogens with one attached hydrogen (secondary N) is 1. The number of rotatable bonds is 6. The number of pyridine rings is 1. The van der Waals surface area contributed by atoms with E-state index in [1.807, 2.05) is 42.5 Å². The second kappa shape index (κ2) is 8.05. The first-order valence-electron chi connectivity index (χ1n) is 9.44. The van der Waals surface area contributed by atoms with E-state index in [4.69, 9.17) is 5.73 Å². The van der Waals surface area contributed by atoms with E-state index in [0.29, 0.717) is 17.0 Å². The number of hydrogen-bond donors (Lipinski definition) is 2. The summed E-state index contributed by atoms with van der Waals surface area (Å²) < 4.78 is 1.59. The number of amides is 2. The molecule has 2 aromatic heterocycles. The van der Waals surface area contributed by atoms with E-state index in [9.17, 15) is 9.59 Å². The highest BCUT2D eigenvalue weighted by Gasteiger charge is 2.20.